The number of aryl methyl sites for hydroxylation is 1. The van der Waals surface area contributed by atoms with Crippen molar-refractivity contribution in [2.75, 3.05) is 6.54 Å². The minimum atomic E-state index is -0.455. The van der Waals surface area contributed by atoms with Gasteiger partial charge in [-0.05, 0) is 32.8 Å². The summed E-state index contributed by atoms with van der Waals surface area (Å²) in [6.07, 6.45) is 0.968. The molecule has 0 fully saturated rings. The van der Waals surface area contributed by atoms with Gasteiger partial charge in [-0.1, -0.05) is 36.8 Å². The molecule has 88 valence electrons. The summed E-state index contributed by atoms with van der Waals surface area (Å²) in [6, 6.07) is 8.15. The Labute approximate surface area is 98.1 Å². The summed E-state index contributed by atoms with van der Waals surface area (Å²) in [5.74, 6) is 0.0956. The maximum atomic E-state index is 12.0. The van der Waals surface area contributed by atoms with Crippen molar-refractivity contribution in [3.05, 3.63) is 35.4 Å². The number of hydrogen-bond acceptors (Lipinski definition) is 1. The van der Waals surface area contributed by atoms with Crippen LogP contribution in [0, 0.1) is 6.92 Å². The number of rotatable bonds is 4. The highest BCUT2D eigenvalue weighted by atomic mass is 16.2. The molecule has 0 bridgehead atoms. The van der Waals surface area contributed by atoms with Gasteiger partial charge in [-0.15, -0.1) is 0 Å². The summed E-state index contributed by atoms with van der Waals surface area (Å²) in [7, 11) is 0. The fourth-order valence-corrected chi connectivity index (χ4v) is 1.56. The van der Waals surface area contributed by atoms with Crippen LogP contribution in [0.2, 0.25) is 0 Å². The third kappa shape index (κ3) is 2.84. The van der Waals surface area contributed by atoms with Gasteiger partial charge in [0, 0.05) is 6.54 Å². The van der Waals surface area contributed by atoms with Gasteiger partial charge in [0.1, 0.15) is 0 Å². The van der Waals surface area contributed by atoms with Crippen LogP contribution in [0.3, 0.4) is 0 Å². The lowest BCUT2D eigenvalue weighted by molar-refractivity contribution is -0.125. The Morgan fingerprint density at radius 1 is 1.25 bits per heavy atom. The zero-order chi connectivity index (χ0) is 12.2. The molecule has 0 saturated heterocycles. The number of nitrogens with one attached hydrogen (secondary N) is 1. The molecule has 0 aromatic heterocycles. The van der Waals surface area contributed by atoms with E-state index in [1.165, 1.54) is 5.56 Å². The van der Waals surface area contributed by atoms with Crippen LogP contribution in [0.5, 0.6) is 0 Å². The first kappa shape index (κ1) is 12.8. The van der Waals surface area contributed by atoms with Crippen molar-refractivity contribution in [2.24, 2.45) is 0 Å². The third-order valence-corrected chi connectivity index (χ3v) is 2.88. The summed E-state index contributed by atoms with van der Waals surface area (Å²) in [6.45, 7) is 8.77. The topological polar surface area (TPSA) is 29.1 Å². The van der Waals surface area contributed by atoms with Crippen molar-refractivity contribution >= 4 is 5.91 Å². The average molecular weight is 219 g/mol. The van der Waals surface area contributed by atoms with Crippen molar-refractivity contribution in [3.8, 4) is 0 Å². The van der Waals surface area contributed by atoms with Gasteiger partial charge < -0.3 is 5.32 Å². The van der Waals surface area contributed by atoms with E-state index in [1.54, 1.807) is 0 Å². The van der Waals surface area contributed by atoms with Gasteiger partial charge in [-0.25, -0.2) is 0 Å². The molecule has 0 aliphatic carbocycles. The van der Waals surface area contributed by atoms with E-state index in [4.69, 9.17) is 0 Å². The second kappa shape index (κ2) is 5.15. The number of amides is 1. The Bertz CT molecular complexity index is 352. The maximum absolute atomic E-state index is 12.0. The Morgan fingerprint density at radius 2 is 1.81 bits per heavy atom. The Morgan fingerprint density at radius 3 is 2.31 bits per heavy atom. The molecule has 0 heterocycles. The molecule has 2 nitrogen and oxygen atoms in total. The maximum Gasteiger partial charge on any atom is 0.230 e. The van der Waals surface area contributed by atoms with Crippen molar-refractivity contribution < 1.29 is 4.79 Å². The molecule has 2 heteroatoms. The highest BCUT2D eigenvalue weighted by Gasteiger charge is 2.28. The molecule has 1 aromatic rings. The fourth-order valence-electron chi connectivity index (χ4n) is 1.56. The summed E-state index contributed by atoms with van der Waals surface area (Å²) in [5, 5.41) is 2.95. The molecule has 1 rings (SSSR count). The molecule has 0 atom stereocenters. The first-order valence-electron chi connectivity index (χ1n) is 5.84. The standard InChI is InChI=1S/C14H21NO/c1-5-10-15-13(16)14(3,4)12-8-6-11(2)7-9-12/h6-9H,5,10H2,1-4H3,(H,15,16). The van der Waals surface area contributed by atoms with Gasteiger partial charge in [0.15, 0.2) is 0 Å². The molecule has 0 saturated carbocycles. The van der Waals surface area contributed by atoms with Crippen LogP contribution in [-0.2, 0) is 10.2 Å². The normalized spacial score (nSPS) is 11.2. The summed E-state index contributed by atoms with van der Waals surface area (Å²) >= 11 is 0. The lowest BCUT2D eigenvalue weighted by Gasteiger charge is -2.24. The molecule has 1 aromatic carbocycles. The minimum Gasteiger partial charge on any atom is -0.355 e. The molecule has 0 aliphatic rings. The Hall–Kier alpha value is -1.31. The highest BCUT2D eigenvalue weighted by Crippen LogP contribution is 2.23. The SMILES string of the molecule is CCCNC(=O)C(C)(C)c1ccc(C)cc1. The Kier molecular flexibility index (Phi) is 4.11. The second-order valence-electron chi connectivity index (χ2n) is 4.75. The predicted octanol–water partition coefficient (Wildman–Crippen LogP) is 2.80. The first-order chi connectivity index (χ1) is 7.48. The average Bonchev–Trinajstić information content (AvgIpc) is 2.26. The van der Waals surface area contributed by atoms with E-state index in [1.807, 2.05) is 45.0 Å². The first-order valence-corrected chi connectivity index (χ1v) is 5.84. The van der Waals surface area contributed by atoms with Crippen LogP contribution in [-0.4, -0.2) is 12.5 Å². The van der Waals surface area contributed by atoms with Crippen molar-refractivity contribution in [2.45, 2.75) is 39.5 Å². The molecular weight excluding hydrogens is 198 g/mol. The van der Waals surface area contributed by atoms with Crippen LogP contribution < -0.4 is 5.32 Å². The third-order valence-electron chi connectivity index (χ3n) is 2.88. The van der Waals surface area contributed by atoms with Gasteiger partial charge in [0.05, 0.1) is 5.41 Å². The van der Waals surface area contributed by atoms with Crippen molar-refractivity contribution in [1.29, 1.82) is 0 Å². The van der Waals surface area contributed by atoms with E-state index in [0.29, 0.717) is 0 Å². The second-order valence-corrected chi connectivity index (χ2v) is 4.75. The molecule has 1 amide bonds. The van der Waals surface area contributed by atoms with Gasteiger partial charge in [0.2, 0.25) is 5.91 Å². The molecule has 16 heavy (non-hydrogen) atoms. The van der Waals surface area contributed by atoms with E-state index in [0.717, 1.165) is 18.5 Å². The van der Waals surface area contributed by atoms with Crippen LogP contribution in [0.25, 0.3) is 0 Å². The molecular formula is C14H21NO. The summed E-state index contributed by atoms with van der Waals surface area (Å²) < 4.78 is 0. The molecule has 0 aliphatic heterocycles. The zero-order valence-corrected chi connectivity index (χ0v) is 10.6. The summed E-state index contributed by atoms with van der Waals surface area (Å²) in [5.41, 5.74) is 1.82. The zero-order valence-electron chi connectivity index (χ0n) is 10.6. The quantitative estimate of drug-likeness (QED) is 0.829. The lowest BCUT2D eigenvalue weighted by Crippen LogP contribution is -2.40. The van der Waals surface area contributed by atoms with Crippen molar-refractivity contribution in [3.63, 3.8) is 0 Å². The van der Waals surface area contributed by atoms with Gasteiger partial charge in [-0.3, -0.25) is 4.79 Å². The minimum absolute atomic E-state index is 0.0956. The number of carbonyl (C=O) groups excluding carboxylic acids is 1. The largest absolute Gasteiger partial charge is 0.355 e. The fraction of sp³-hybridized carbons (Fsp3) is 0.500. The number of hydrogen-bond donors (Lipinski definition) is 1. The number of benzene rings is 1. The number of carbonyl (C=O) groups is 1. The van der Waals surface area contributed by atoms with Crippen molar-refractivity contribution in [1.82, 2.24) is 5.32 Å². The van der Waals surface area contributed by atoms with Crippen LogP contribution >= 0.6 is 0 Å². The van der Waals surface area contributed by atoms with Crippen LogP contribution in [0.15, 0.2) is 24.3 Å². The van der Waals surface area contributed by atoms with Crippen LogP contribution in [0.4, 0.5) is 0 Å². The summed E-state index contributed by atoms with van der Waals surface area (Å²) in [4.78, 5) is 12.0. The van der Waals surface area contributed by atoms with E-state index in [-0.39, 0.29) is 5.91 Å². The van der Waals surface area contributed by atoms with E-state index in [9.17, 15) is 4.79 Å². The molecule has 0 spiro atoms. The monoisotopic (exact) mass is 219 g/mol. The molecule has 1 N–H and O–H groups in total. The van der Waals surface area contributed by atoms with Crippen LogP contribution in [0.1, 0.15) is 38.3 Å². The van der Waals surface area contributed by atoms with Gasteiger partial charge in [0.25, 0.3) is 0 Å². The lowest BCUT2D eigenvalue weighted by atomic mass is 9.83. The van der Waals surface area contributed by atoms with Gasteiger partial charge >= 0.3 is 0 Å². The van der Waals surface area contributed by atoms with Gasteiger partial charge in [-0.2, -0.15) is 0 Å². The van der Waals surface area contributed by atoms with E-state index < -0.39 is 5.41 Å². The highest BCUT2D eigenvalue weighted by molar-refractivity contribution is 5.87. The molecule has 0 unspecified atom stereocenters. The predicted molar refractivity (Wildman–Crippen MR) is 67.5 cm³/mol. The smallest absolute Gasteiger partial charge is 0.230 e. The molecule has 0 radical (unpaired) electrons. The Balaban J connectivity index is 2.83. The van der Waals surface area contributed by atoms with E-state index in [2.05, 4.69) is 12.2 Å². The van der Waals surface area contributed by atoms with E-state index >= 15 is 0 Å².